The first kappa shape index (κ1) is 9.15. The number of fused-ring (bicyclic) bond motifs is 1. The Morgan fingerprint density at radius 3 is 3.00 bits per heavy atom. The quantitative estimate of drug-likeness (QED) is 0.785. The molecule has 1 heterocycles. The Hall–Kier alpha value is -1.42. The molecule has 4 nitrogen and oxygen atoms in total. The molecule has 0 saturated heterocycles. The summed E-state index contributed by atoms with van der Waals surface area (Å²) in [5.41, 5.74) is 5.57. The van der Waals surface area contributed by atoms with Crippen molar-refractivity contribution in [2.45, 2.75) is 13.0 Å². The average Bonchev–Trinajstić information content (AvgIpc) is 2.61. The maximum Gasteiger partial charge on any atom is 0.231 e. The molecule has 2 N–H and O–H groups in total. The molecule has 0 fully saturated rings. The molecule has 14 heavy (non-hydrogen) atoms. The van der Waals surface area contributed by atoms with Crippen LogP contribution in [0.3, 0.4) is 0 Å². The number of hydrogen-bond donors (Lipinski definition) is 1. The SMILES string of the molecule is C[C@@H](N)COc1ccc2c(c1)OCO2. The molecule has 4 heteroatoms. The minimum absolute atomic E-state index is 0.0282. The molecule has 1 aromatic rings. The van der Waals surface area contributed by atoms with Gasteiger partial charge in [0.05, 0.1) is 0 Å². The van der Waals surface area contributed by atoms with E-state index in [1.54, 1.807) is 0 Å². The van der Waals surface area contributed by atoms with E-state index in [1.165, 1.54) is 0 Å². The van der Waals surface area contributed by atoms with Gasteiger partial charge < -0.3 is 19.9 Å². The zero-order valence-corrected chi connectivity index (χ0v) is 8.03. The molecule has 0 aromatic heterocycles. The van der Waals surface area contributed by atoms with Crippen molar-refractivity contribution in [3.05, 3.63) is 18.2 Å². The van der Waals surface area contributed by atoms with E-state index in [9.17, 15) is 0 Å². The van der Waals surface area contributed by atoms with E-state index in [1.807, 2.05) is 25.1 Å². The number of nitrogens with two attached hydrogens (primary N) is 1. The summed E-state index contributed by atoms with van der Waals surface area (Å²) in [6.45, 7) is 2.68. The molecule has 1 aliphatic heterocycles. The first-order chi connectivity index (χ1) is 6.75. The van der Waals surface area contributed by atoms with Gasteiger partial charge in [-0.25, -0.2) is 0 Å². The third kappa shape index (κ3) is 1.90. The molecular weight excluding hydrogens is 182 g/mol. The van der Waals surface area contributed by atoms with Gasteiger partial charge in [0, 0.05) is 12.1 Å². The van der Waals surface area contributed by atoms with Crippen LogP contribution in [0.5, 0.6) is 17.2 Å². The molecule has 0 saturated carbocycles. The van der Waals surface area contributed by atoms with Gasteiger partial charge in [-0.05, 0) is 19.1 Å². The second kappa shape index (κ2) is 3.75. The molecule has 76 valence electrons. The van der Waals surface area contributed by atoms with E-state index < -0.39 is 0 Å². The molecule has 0 amide bonds. The normalized spacial score (nSPS) is 15.3. The van der Waals surface area contributed by atoms with Crippen molar-refractivity contribution in [2.24, 2.45) is 5.73 Å². The monoisotopic (exact) mass is 195 g/mol. The van der Waals surface area contributed by atoms with Crippen molar-refractivity contribution in [1.82, 2.24) is 0 Å². The third-order valence-corrected chi connectivity index (χ3v) is 1.86. The van der Waals surface area contributed by atoms with Gasteiger partial charge >= 0.3 is 0 Å². The summed E-state index contributed by atoms with van der Waals surface area (Å²) < 4.78 is 15.8. The first-order valence-electron chi connectivity index (χ1n) is 4.54. The van der Waals surface area contributed by atoms with Crippen LogP contribution in [-0.2, 0) is 0 Å². The smallest absolute Gasteiger partial charge is 0.231 e. The second-order valence-electron chi connectivity index (χ2n) is 3.30. The van der Waals surface area contributed by atoms with Crippen LogP contribution in [0.2, 0.25) is 0 Å². The van der Waals surface area contributed by atoms with Crippen LogP contribution in [0.4, 0.5) is 0 Å². The number of hydrogen-bond acceptors (Lipinski definition) is 4. The predicted molar refractivity (Wildman–Crippen MR) is 51.7 cm³/mol. The Bertz CT molecular complexity index is 325. The lowest BCUT2D eigenvalue weighted by molar-refractivity contribution is 0.173. The largest absolute Gasteiger partial charge is 0.492 e. The first-order valence-corrected chi connectivity index (χ1v) is 4.54. The summed E-state index contributed by atoms with van der Waals surface area (Å²) >= 11 is 0. The van der Waals surface area contributed by atoms with Crippen LogP contribution in [0.15, 0.2) is 18.2 Å². The summed E-state index contributed by atoms with van der Waals surface area (Å²) in [6.07, 6.45) is 0. The second-order valence-corrected chi connectivity index (χ2v) is 3.30. The summed E-state index contributed by atoms with van der Waals surface area (Å²) in [5, 5.41) is 0. The standard InChI is InChI=1S/C10H13NO3/c1-7(11)5-12-8-2-3-9-10(4-8)14-6-13-9/h2-4,7H,5-6,11H2,1H3/t7-/m1/s1. The van der Waals surface area contributed by atoms with Gasteiger partial charge in [0.1, 0.15) is 12.4 Å². The molecule has 0 aliphatic carbocycles. The van der Waals surface area contributed by atoms with Crippen molar-refractivity contribution in [3.63, 3.8) is 0 Å². The molecule has 0 unspecified atom stereocenters. The summed E-state index contributed by atoms with van der Waals surface area (Å²) in [4.78, 5) is 0. The highest BCUT2D eigenvalue weighted by Crippen LogP contribution is 2.34. The van der Waals surface area contributed by atoms with Crippen molar-refractivity contribution in [3.8, 4) is 17.2 Å². The van der Waals surface area contributed by atoms with Gasteiger partial charge in [-0.2, -0.15) is 0 Å². The third-order valence-electron chi connectivity index (χ3n) is 1.86. The molecular formula is C10H13NO3. The maximum absolute atomic E-state index is 5.57. The zero-order valence-electron chi connectivity index (χ0n) is 8.03. The summed E-state index contributed by atoms with van der Waals surface area (Å²) in [7, 11) is 0. The molecule has 0 spiro atoms. The van der Waals surface area contributed by atoms with Gasteiger partial charge in [0.25, 0.3) is 0 Å². The highest BCUT2D eigenvalue weighted by molar-refractivity contribution is 5.46. The highest BCUT2D eigenvalue weighted by Gasteiger charge is 2.13. The van der Waals surface area contributed by atoms with Crippen LogP contribution in [0.25, 0.3) is 0 Å². The number of rotatable bonds is 3. The zero-order chi connectivity index (χ0) is 9.97. The minimum Gasteiger partial charge on any atom is -0.492 e. The van der Waals surface area contributed by atoms with Crippen LogP contribution in [0, 0.1) is 0 Å². The van der Waals surface area contributed by atoms with Gasteiger partial charge in [-0.1, -0.05) is 0 Å². The van der Waals surface area contributed by atoms with Crippen LogP contribution < -0.4 is 19.9 Å². The van der Waals surface area contributed by atoms with Crippen LogP contribution in [0.1, 0.15) is 6.92 Å². The Kier molecular flexibility index (Phi) is 2.45. The lowest BCUT2D eigenvalue weighted by atomic mass is 10.3. The fourth-order valence-corrected chi connectivity index (χ4v) is 1.19. The molecule has 0 radical (unpaired) electrons. The predicted octanol–water partition coefficient (Wildman–Crippen LogP) is 1.14. The van der Waals surface area contributed by atoms with Crippen molar-refractivity contribution >= 4 is 0 Å². The maximum atomic E-state index is 5.57. The topological polar surface area (TPSA) is 53.7 Å². The molecule has 1 atom stereocenters. The number of ether oxygens (including phenoxy) is 3. The lowest BCUT2D eigenvalue weighted by Crippen LogP contribution is -2.23. The Morgan fingerprint density at radius 1 is 1.43 bits per heavy atom. The van der Waals surface area contributed by atoms with Crippen LogP contribution >= 0.6 is 0 Å². The van der Waals surface area contributed by atoms with Gasteiger partial charge in [-0.3, -0.25) is 0 Å². The Balaban J connectivity index is 2.05. The Labute approximate surface area is 82.6 Å². The molecule has 1 aromatic carbocycles. The van der Waals surface area contributed by atoms with Crippen molar-refractivity contribution in [2.75, 3.05) is 13.4 Å². The van der Waals surface area contributed by atoms with Gasteiger partial charge in [0.2, 0.25) is 6.79 Å². The van der Waals surface area contributed by atoms with Gasteiger partial charge in [-0.15, -0.1) is 0 Å². The van der Waals surface area contributed by atoms with Gasteiger partial charge in [0.15, 0.2) is 11.5 Å². The fourth-order valence-electron chi connectivity index (χ4n) is 1.19. The van der Waals surface area contributed by atoms with E-state index >= 15 is 0 Å². The van der Waals surface area contributed by atoms with E-state index in [-0.39, 0.29) is 12.8 Å². The van der Waals surface area contributed by atoms with Crippen molar-refractivity contribution in [1.29, 1.82) is 0 Å². The van der Waals surface area contributed by atoms with Crippen LogP contribution in [-0.4, -0.2) is 19.4 Å². The average molecular weight is 195 g/mol. The lowest BCUT2D eigenvalue weighted by Gasteiger charge is -2.08. The van der Waals surface area contributed by atoms with E-state index in [4.69, 9.17) is 19.9 Å². The van der Waals surface area contributed by atoms with E-state index in [0.29, 0.717) is 6.61 Å². The van der Waals surface area contributed by atoms with E-state index in [0.717, 1.165) is 17.2 Å². The minimum atomic E-state index is 0.0282. The van der Waals surface area contributed by atoms with Crippen molar-refractivity contribution < 1.29 is 14.2 Å². The molecule has 0 bridgehead atoms. The fraction of sp³-hybridized carbons (Fsp3) is 0.400. The van der Waals surface area contributed by atoms with E-state index in [2.05, 4.69) is 0 Å². The summed E-state index contributed by atoms with van der Waals surface area (Å²) in [5.74, 6) is 2.25. The highest BCUT2D eigenvalue weighted by atomic mass is 16.7. The molecule has 1 aliphatic rings. The summed E-state index contributed by atoms with van der Waals surface area (Å²) in [6, 6.07) is 5.51. The Morgan fingerprint density at radius 2 is 2.21 bits per heavy atom. The molecule has 2 rings (SSSR count). The number of benzene rings is 1.